The molecule has 3 atom stereocenters. The van der Waals surface area contributed by atoms with Crippen molar-refractivity contribution in [2.45, 2.75) is 57.3 Å². The van der Waals surface area contributed by atoms with Crippen LogP contribution in [0.4, 0.5) is 0 Å². The molecule has 0 spiro atoms. The van der Waals surface area contributed by atoms with E-state index in [1.807, 2.05) is 24.3 Å². The van der Waals surface area contributed by atoms with E-state index in [4.69, 9.17) is 4.74 Å². The molecule has 0 saturated carbocycles. The molecule has 1 aromatic carbocycles. The third kappa shape index (κ3) is 3.63. The molecular formula is C24H25N5O2S. The van der Waals surface area contributed by atoms with Gasteiger partial charge < -0.3 is 15.0 Å². The molecule has 7 nitrogen and oxygen atoms in total. The van der Waals surface area contributed by atoms with Gasteiger partial charge in [-0.3, -0.25) is 9.69 Å². The zero-order chi connectivity index (χ0) is 21.7. The molecule has 4 aromatic rings. The number of H-pyrrole nitrogens is 1. The Labute approximate surface area is 189 Å². The number of aromatic amines is 1. The van der Waals surface area contributed by atoms with E-state index < -0.39 is 0 Å². The number of carbonyl (C=O) groups excluding carboxylic acids is 1. The number of carbonyl (C=O) groups is 1. The van der Waals surface area contributed by atoms with Gasteiger partial charge in [-0.2, -0.15) is 0 Å². The highest BCUT2D eigenvalue weighted by atomic mass is 32.1. The average Bonchev–Trinajstić information content (AvgIpc) is 3.42. The first-order valence-electron chi connectivity index (χ1n) is 11.1. The Kier molecular flexibility index (Phi) is 4.84. The van der Waals surface area contributed by atoms with Gasteiger partial charge in [0.2, 0.25) is 5.91 Å². The second-order valence-electron chi connectivity index (χ2n) is 8.86. The molecule has 1 amide bonds. The third-order valence-corrected chi connectivity index (χ3v) is 7.59. The number of ether oxygens (including phenoxy) is 1. The van der Waals surface area contributed by atoms with Crippen molar-refractivity contribution in [2.24, 2.45) is 0 Å². The number of benzene rings is 1. The van der Waals surface area contributed by atoms with Crippen molar-refractivity contribution in [3.05, 3.63) is 48.3 Å². The molecule has 6 rings (SSSR count). The van der Waals surface area contributed by atoms with Crippen LogP contribution in [0.5, 0.6) is 10.9 Å². The van der Waals surface area contributed by atoms with E-state index in [2.05, 4.69) is 37.4 Å². The minimum atomic E-state index is 0.0830. The first kappa shape index (κ1) is 19.7. The van der Waals surface area contributed by atoms with Crippen molar-refractivity contribution in [1.82, 2.24) is 25.2 Å². The molecule has 8 heteroatoms. The number of rotatable bonds is 5. The van der Waals surface area contributed by atoms with E-state index >= 15 is 0 Å². The van der Waals surface area contributed by atoms with E-state index in [9.17, 15) is 4.79 Å². The SMILES string of the molecule is CC(=O)N[C@H]1C[C@H]2CC[C@@H](C1)N2Cc1c[nH]c2cc(Oc3nc4cccnc4s3)ccc12. The smallest absolute Gasteiger partial charge is 0.281 e. The van der Waals surface area contributed by atoms with Crippen LogP contribution in [0.3, 0.4) is 0 Å². The van der Waals surface area contributed by atoms with Gasteiger partial charge in [-0.05, 0) is 55.5 Å². The monoisotopic (exact) mass is 447 g/mol. The van der Waals surface area contributed by atoms with Crippen molar-refractivity contribution in [1.29, 1.82) is 0 Å². The van der Waals surface area contributed by atoms with Crippen LogP contribution in [0, 0.1) is 0 Å². The Morgan fingerprint density at radius 3 is 2.91 bits per heavy atom. The zero-order valence-corrected chi connectivity index (χ0v) is 18.7. The van der Waals surface area contributed by atoms with Gasteiger partial charge in [0.25, 0.3) is 5.19 Å². The van der Waals surface area contributed by atoms with Crippen LogP contribution in [0.25, 0.3) is 21.3 Å². The Hall–Kier alpha value is -2.97. The van der Waals surface area contributed by atoms with Crippen LogP contribution in [0.2, 0.25) is 0 Å². The molecule has 0 unspecified atom stereocenters. The third-order valence-electron chi connectivity index (χ3n) is 6.74. The summed E-state index contributed by atoms with van der Waals surface area (Å²) in [7, 11) is 0. The first-order chi connectivity index (χ1) is 15.6. The maximum Gasteiger partial charge on any atom is 0.281 e. The predicted molar refractivity (Wildman–Crippen MR) is 125 cm³/mol. The minimum absolute atomic E-state index is 0.0830. The molecule has 2 aliphatic rings. The first-order valence-corrected chi connectivity index (χ1v) is 12.0. The fourth-order valence-corrected chi connectivity index (χ4v) is 6.17. The van der Waals surface area contributed by atoms with Crippen molar-refractivity contribution >= 4 is 38.5 Å². The number of aromatic nitrogens is 3. The fourth-order valence-electron chi connectivity index (χ4n) is 5.39. The van der Waals surface area contributed by atoms with Crippen molar-refractivity contribution in [3.63, 3.8) is 0 Å². The highest BCUT2D eigenvalue weighted by Crippen LogP contribution is 2.38. The number of piperidine rings is 1. The van der Waals surface area contributed by atoms with Crippen molar-refractivity contribution in [2.75, 3.05) is 0 Å². The fraction of sp³-hybridized carbons (Fsp3) is 0.375. The molecular weight excluding hydrogens is 422 g/mol. The number of amides is 1. The molecule has 164 valence electrons. The summed E-state index contributed by atoms with van der Waals surface area (Å²) < 4.78 is 6.02. The lowest BCUT2D eigenvalue weighted by molar-refractivity contribution is -0.120. The summed E-state index contributed by atoms with van der Waals surface area (Å²) >= 11 is 1.45. The lowest BCUT2D eigenvalue weighted by Crippen LogP contribution is -2.49. The van der Waals surface area contributed by atoms with E-state index in [1.165, 1.54) is 35.1 Å². The van der Waals surface area contributed by atoms with Crippen LogP contribution in [-0.2, 0) is 11.3 Å². The molecule has 2 saturated heterocycles. The number of hydrogen-bond acceptors (Lipinski definition) is 6. The van der Waals surface area contributed by atoms with Crippen molar-refractivity contribution in [3.8, 4) is 10.9 Å². The Morgan fingerprint density at radius 1 is 1.28 bits per heavy atom. The average molecular weight is 448 g/mol. The molecule has 2 aliphatic heterocycles. The van der Waals surface area contributed by atoms with Gasteiger partial charge >= 0.3 is 0 Å². The summed E-state index contributed by atoms with van der Waals surface area (Å²) in [5.74, 6) is 0.848. The standard InChI is InChI=1S/C24H25N5O2S/c1-14(30)27-16-9-17-4-5-18(10-16)29(17)13-15-12-26-22-11-19(6-7-20(15)22)31-24-28-21-3-2-8-25-23(21)32-24/h2-3,6-8,11-12,16-18,26H,4-5,9-10,13H2,1H3,(H,27,30)/t16-,17+,18-. The summed E-state index contributed by atoms with van der Waals surface area (Å²) in [5, 5.41) is 4.96. The Bertz CT molecular complexity index is 1250. The van der Waals surface area contributed by atoms with Crippen molar-refractivity contribution < 1.29 is 9.53 Å². The quantitative estimate of drug-likeness (QED) is 0.467. The number of thiazole rings is 1. The van der Waals surface area contributed by atoms with Gasteiger partial charge in [0, 0.05) is 61.0 Å². The number of hydrogen-bond donors (Lipinski definition) is 2. The van der Waals surface area contributed by atoms with Crippen LogP contribution < -0.4 is 10.1 Å². The van der Waals surface area contributed by atoms with E-state index in [0.29, 0.717) is 23.3 Å². The maximum atomic E-state index is 11.5. The summed E-state index contributed by atoms with van der Waals surface area (Å²) in [4.78, 5) is 27.3. The van der Waals surface area contributed by atoms with E-state index in [0.717, 1.165) is 41.0 Å². The zero-order valence-electron chi connectivity index (χ0n) is 17.9. The highest BCUT2D eigenvalue weighted by molar-refractivity contribution is 7.19. The second kappa shape index (κ2) is 7.86. The van der Waals surface area contributed by atoms with E-state index in [1.54, 1.807) is 13.1 Å². The molecule has 5 heterocycles. The summed E-state index contributed by atoms with van der Waals surface area (Å²) in [6, 6.07) is 11.4. The minimum Gasteiger partial charge on any atom is -0.431 e. The molecule has 32 heavy (non-hydrogen) atoms. The van der Waals surface area contributed by atoms with Crippen LogP contribution in [-0.4, -0.2) is 43.9 Å². The number of nitrogens with zero attached hydrogens (tertiary/aromatic N) is 3. The maximum absolute atomic E-state index is 11.5. The summed E-state index contributed by atoms with van der Waals surface area (Å²) in [5.41, 5.74) is 3.23. The van der Waals surface area contributed by atoms with Gasteiger partial charge in [0.15, 0.2) is 0 Å². The van der Waals surface area contributed by atoms with Crippen LogP contribution in [0.15, 0.2) is 42.7 Å². The molecule has 3 aromatic heterocycles. The molecule has 2 fully saturated rings. The molecule has 2 bridgehead atoms. The normalized spacial score (nSPS) is 23.1. The number of pyridine rings is 1. The molecule has 0 aliphatic carbocycles. The Balaban J connectivity index is 1.18. The van der Waals surface area contributed by atoms with Crippen LogP contribution >= 0.6 is 11.3 Å². The number of fused-ring (bicyclic) bond motifs is 4. The van der Waals surface area contributed by atoms with E-state index in [-0.39, 0.29) is 5.91 Å². The highest BCUT2D eigenvalue weighted by Gasteiger charge is 2.40. The lowest BCUT2D eigenvalue weighted by atomic mass is 9.96. The van der Waals surface area contributed by atoms with Gasteiger partial charge in [-0.1, -0.05) is 11.3 Å². The Morgan fingerprint density at radius 2 is 2.12 bits per heavy atom. The largest absolute Gasteiger partial charge is 0.431 e. The topological polar surface area (TPSA) is 83.1 Å². The predicted octanol–water partition coefficient (Wildman–Crippen LogP) is 4.60. The van der Waals surface area contributed by atoms with Gasteiger partial charge in [-0.25, -0.2) is 9.97 Å². The summed E-state index contributed by atoms with van der Waals surface area (Å²) in [6.07, 6.45) is 8.43. The molecule has 0 radical (unpaired) electrons. The molecule has 2 N–H and O–H groups in total. The van der Waals surface area contributed by atoms with Crippen LogP contribution in [0.1, 0.15) is 38.2 Å². The van der Waals surface area contributed by atoms with Gasteiger partial charge in [0.05, 0.1) is 0 Å². The number of nitrogens with one attached hydrogen (secondary N) is 2. The van der Waals surface area contributed by atoms with Gasteiger partial charge in [-0.15, -0.1) is 0 Å². The second-order valence-corrected chi connectivity index (χ2v) is 9.80. The van der Waals surface area contributed by atoms with Gasteiger partial charge in [0.1, 0.15) is 16.1 Å². The lowest BCUT2D eigenvalue weighted by Gasteiger charge is -2.39. The summed E-state index contributed by atoms with van der Waals surface area (Å²) in [6.45, 7) is 2.55.